The summed E-state index contributed by atoms with van der Waals surface area (Å²) in [5.41, 5.74) is 0.607. The molecule has 1 heterocycles. The molecule has 0 aliphatic carbocycles. The standard InChI is InChI=1S/C7H10O3.C4H6O4.C4H6O2/c1-5(2)7(8)10-4-6-3-9-6;5-3(6)1-2-4(7)8;1-3(2)4(5)6/h6H,1,3-4H2,2H3;1-2H2,(H,5,6)(H,7,8);1H2,2H3,(H,5,6). The Hall–Kier alpha value is -2.68. The van der Waals surface area contributed by atoms with Crippen LogP contribution in [-0.2, 0) is 28.7 Å². The van der Waals surface area contributed by atoms with Gasteiger partial charge in [0.05, 0.1) is 19.4 Å². The highest BCUT2D eigenvalue weighted by atomic mass is 16.6. The molecule has 0 amide bonds. The first kappa shape index (κ1) is 23.6. The quantitative estimate of drug-likeness (QED) is 0.349. The largest absolute Gasteiger partial charge is 0.481 e. The summed E-state index contributed by atoms with van der Waals surface area (Å²) in [6, 6.07) is 0. The fourth-order valence-electron chi connectivity index (χ4n) is 0.670. The number of carboxylic acids is 3. The number of epoxide rings is 1. The molecule has 0 spiro atoms. The molecule has 0 aromatic heterocycles. The van der Waals surface area contributed by atoms with Crippen molar-refractivity contribution in [3.63, 3.8) is 0 Å². The molecule has 0 radical (unpaired) electrons. The van der Waals surface area contributed by atoms with E-state index in [9.17, 15) is 19.2 Å². The van der Waals surface area contributed by atoms with Crippen molar-refractivity contribution >= 4 is 23.9 Å². The number of hydrogen-bond donors (Lipinski definition) is 3. The Kier molecular flexibility index (Phi) is 12.6. The fraction of sp³-hybridized carbons (Fsp3) is 0.467. The van der Waals surface area contributed by atoms with E-state index in [-0.39, 0.29) is 30.5 Å². The van der Waals surface area contributed by atoms with Gasteiger partial charge in [-0.05, 0) is 13.8 Å². The molecule has 136 valence electrons. The van der Waals surface area contributed by atoms with Crippen LogP contribution in [-0.4, -0.2) is 58.5 Å². The molecule has 0 aromatic carbocycles. The lowest BCUT2D eigenvalue weighted by atomic mass is 10.3. The van der Waals surface area contributed by atoms with Crippen molar-refractivity contribution in [2.24, 2.45) is 0 Å². The van der Waals surface area contributed by atoms with Crippen LogP contribution in [0.5, 0.6) is 0 Å². The molecule has 0 saturated carbocycles. The SMILES string of the molecule is C=C(C)C(=O)O.C=C(C)C(=O)OCC1CO1.O=C(O)CCC(=O)O. The zero-order valence-corrected chi connectivity index (χ0v) is 13.6. The van der Waals surface area contributed by atoms with Crippen LogP contribution in [0.1, 0.15) is 26.7 Å². The highest BCUT2D eigenvalue weighted by Crippen LogP contribution is 2.09. The Labute approximate surface area is 139 Å². The van der Waals surface area contributed by atoms with E-state index in [1.807, 2.05) is 0 Å². The average molecular weight is 346 g/mol. The molecule has 1 rings (SSSR count). The van der Waals surface area contributed by atoms with Crippen LogP contribution >= 0.6 is 0 Å². The molecular formula is C15H22O9. The van der Waals surface area contributed by atoms with Gasteiger partial charge in [-0.15, -0.1) is 0 Å². The number of carbonyl (C=O) groups is 4. The minimum Gasteiger partial charge on any atom is -0.481 e. The first-order chi connectivity index (χ1) is 11.0. The van der Waals surface area contributed by atoms with Gasteiger partial charge in [0.15, 0.2) is 0 Å². The molecule has 9 nitrogen and oxygen atoms in total. The normalized spacial score (nSPS) is 13.8. The molecule has 3 N–H and O–H groups in total. The zero-order chi connectivity index (χ0) is 19.3. The van der Waals surface area contributed by atoms with Crippen LogP contribution < -0.4 is 0 Å². The molecule has 1 atom stereocenters. The highest BCUT2D eigenvalue weighted by molar-refractivity contribution is 5.87. The molecule has 9 heteroatoms. The van der Waals surface area contributed by atoms with Gasteiger partial charge in [0.1, 0.15) is 12.7 Å². The molecule has 1 saturated heterocycles. The van der Waals surface area contributed by atoms with Crippen molar-refractivity contribution in [1.82, 2.24) is 0 Å². The van der Waals surface area contributed by atoms with Crippen molar-refractivity contribution < 1.29 is 44.0 Å². The van der Waals surface area contributed by atoms with Gasteiger partial charge in [-0.25, -0.2) is 9.59 Å². The van der Waals surface area contributed by atoms with Crippen LogP contribution in [0.2, 0.25) is 0 Å². The van der Waals surface area contributed by atoms with Gasteiger partial charge in [0, 0.05) is 11.1 Å². The Morgan fingerprint density at radius 3 is 1.58 bits per heavy atom. The van der Waals surface area contributed by atoms with E-state index in [1.165, 1.54) is 6.92 Å². The zero-order valence-electron chi connectivity index (χ0n) is 13.6. The number of hydrogen-bond acceptors (Lipinski definition) is 6. The second-order valence-corrected chi connectivity index (χ2v) is 4.71. The van der Waals surface area contributed by atoms with Crippen molar-refractivity contribution in [2.45, 2.75) is 32.8 Å². The Bertz CT molecular complexity index is 463. The van der Waals surface area contributed by atoms with E-state index >= 15 is 0 Å². The topological polar surface area (TPSA) is 151 Å². The summed E-state index contributed by atoms with van der Waals surface area (Å²) in [5, 5.41) is 23.7. The average Bonchev–Trinajstić information content (AvgIpc) is 3.27. The van der Waals surface area contributed by atoms with Crippen LogP contribution in [0.15, 0.2) is 24.3 Å². The number of rotatable bonds is 7. The number of aliphatic carboxylic acids is 3. The Morgan fingerprint density at radius 1 is 1.00 bits per heavy atom. The number of carbonyl (C=O) groups excluding carboxylic acids is 1. The van der Waals surface area contributed by atoms with E-state index in [2.05, 4.69) is 13.2 Å². The maximum absolute atomic E-state index is 10.7. The smallest absolute Gasteiger partial charge is 0.333 e. The molecule has 1 fully saturated rings. The van der Waals surface area contributed by atoms with Gasteiger partial charge < -0.3 is 24.8 Å². The first-order valence-electron chi connectivity index (χ1n) is 6.74. The van der Waals surface area contributed by atoms with Gasteiger partial charge in [0.25, 0.3) is 0 Å². The van der Waals surface area contributed by atoms with E-state index in [1.54, 1.807) is 6.92 Å². The monoisotopic (exact) mass is 346 g/mol. The summed E-state index contributed by atoms with van der Waals surface area (Å²) >= 11 is 0. The van der Waals surface area contributed by atoms with Crippen LogP contribution in [0.3, 0.4) is 0 Å². The number of ether oxygens (including phenoxy) is 2. The Morgan fingerprint density at radius 2 is 1.38 bits per heavy atom. The first-order valence-corrected chi connectivity index (χ1v) is 6.74. The highest BCUT2D eigenvalue weighted by Gasteiger charge is 2.24. The third kappa shape index (κ3) is 19.3. The summed E-state index contributed by atoms with van der Waals surface area (Å²) in [7, 11) is 0. The lowest BCUT2D eigenvalue weighted by molar-refractivity contribution is -0.143. The third-order valence-electron chi connectivity index (χ3n) is 2.07. The minimum atomic E-state index is -1.08. The maximum atomic E-state index is 10.7. The Balaban J connectivity index is 0. The van der Waals surface area contributed by atoms with Crippen molar-refractivity contribution in [3.05, 3.63) is 24.3 Å². The van der Waals surface area contributed by atoms with Crippen LogP contribution in [0.4, 0.5) is 0 Å². The van der Waals surface area contributed by atoms with Crippen LogP contribution in [0.25, 0.3) is 0 Å². The fourth-order valence-corrected chi connectivity index (χ4v) is 0.670. The second kappa shape index (κ2) is 12.8. The van der Waals surface area contributed by atoms with E-state index in [0.29, 0.717) is 18.8 Å². The number of carboxylic acid groups (broad SMARTS) is 3. The lowest BCUT2D eigenvalue weighted by Gasteiger charge is -1.99. The summed E-state index contributed by atoms with van der Waals surface area (Å²) in [6.07, 6.45) is -0.451. The summed E-state index contributed by atoms with van der Waals surface area (Å²) in [5.74, 6) is -3.43. The molecule has 0 bridgehead atoms. The van der Waals surface area contributed by atoms with Gasteiger partial charge in [-0.3, -0.25) is 9.59 Å². The van der Waals surface area contributed by atoms with E-state index < -0.39 is 17.9 Å². The molecule has 1 aliphatic rings. The minimum absolute atomic E-state index is 0.142. The summed E-state index contributed by atoms with van der Waals surface area (Å²) < 4.78 is 9.60. The third-order valence-corrected chi connectivity index (χ3v) is 2.07. The van der Waals surface area contributed by atoms with Gasteiger partial charge in [0.2, 0.25) is 0 Å². The van der Waals surface area contributed by atoms with E-state index in [0.717, 1.165) is 0 Å². The van der Waals surface area contributed by atoms with Crippen molar-refractivity contribution in [2.75, 3.05) is 13.2 Å². The molecule has 1 unspecified atom stereocenters. The summed E-state index contributed by atoms with van der Waals surface area (Å²) in [4.78, 5) is 39.6. The van der Waals surface area contributed by atoms with Gasteiger partial charge >= 0.3 is 23.9 Å². The maximum Gasteiger partial charge on any atom is 0.333 e. The molecule has 1 aliphatic heterocycles. The lowest BCUT2D eigenvalue weighted by Crippen LogP contribution is -2.09. The summed E-state index contributed by atoms with van der Waals surface area (Å²) in [6.45, 7) is 10.7. The van der Waals surface area contributed by atoms with Crippen molar-refractivity contribution in [1.29, 1.82) is 0 Å². The van der Waals surface area contributed by atoms with Gasteiger partial charge in [-0.2, -0.15) is 0 Å². The predicted molar refractivity (Wildman–Crippen MR) is 82.5 cm³/mol. The van der Waals surface area contributed by atoms with E-state index in [4.69, 9.17) is 24.8 Å². The molecular weight excluding hydrogens is 324 g/mol. The van der Waals surface area contributed by atoms with Crippen molar-refractivity contribution in [3.8, 4) is 0 Å². The second-order valence-electron chi connectivity index (χ2n) is 4.71. The van der Waals surface area contributed by atoms with Gasteiger partial charge in [-0.1, -0.05) is 13.2 Å². The van der Waals surface area contributed by atoms with Crippen LogP contribution in [0, 0.1) is 0 Å². The molecule has 0 aromatic rings. The number of esters is 1. The molecule has 24 heavy (non-hydrogen) atoms. The predicted octanol–water partition coefficient (Wildman–Crippen LogP) is 1.09.